The molecule has 1 aliphatic heterocycles. The van der Waals surface area contributed by atoms with Gasteiger partial charge in [-0.25, -0.2) is 0 Å². The van der Waals surface area contributed by atoms with Crippen molar-refractivity contribution in [1.29, 1.82) is 5.41 Å². The molecule has 3 nitrogen and oxygen atoms in total. The number of nitrogens with zero attached hydrogens (tertiary/aromatic N) is 1. The standard InChI is InChI=1S/C16H16N2O/c17-16-15-9-5-4-6-13(15)12-18(16)10-11-19-14-7-2-1-3-8-14/h1-9,17H,10-12H2. The van der Waals surface area contributed by atoms with Gasteiger partial charge in [0, 0.05) is 12.1 Å². The largest absolute Gasteiger partial charge is 0.492 e. The number of hydrogen-bond acceptors (Lipinski definition) is 2. The lowest BCUT2D eigenvalue weighted by molar-refractivity contribution is 0.269. The third-order valence-electron chi connectivity index (χ3n) is 3.32. The second kappa shape index (κ2) is 5.14. The Kier molecular flexibility index (Phi) is 3.19. The predicted octanol–water partition coefficient (Wildman–Crippen LogP) is 2.91. The van der Waals surface area contributed by atoms with Crippen molar-refractivity contribution in [3.63, 3.8) is 0 Å². The average Bonchev–Trinajstić information content (AvgIpc) is 2.78. The maximum Gasteiger partial charge on any atom is 0.128 e. The van der Waals surface area contributed by atoms with Crippen LogP contribution in [-0.4, -0.2) is 23.9 Å². The molecule has 0 radical (unpaired) electrons. The van der Waals surface area contributed by atoms with Gasteiger partial charge >= 0.3 is 0 Å². The van der Waals surface area contributed by atoms with Crippen LogP contribution in [0.25, 0.3) is 0 Å². The van der Waals surface area contributed by atoms with Crippen molar-refractivity contribution in [2.24, 2.45) is 0 Å². The second-order valence-electron chi connectivity index (χ2n) is 4.59. The fourth-order valence-electron chi connectivity index (χ4n) is 2.33. The number of amidine groups is 1. The molecule has 1 heterocycles. The number of para-hydroxylation sites is 1. The van der Waals surface area contributed by atoms with Gasteiger partial charge in [-0.2, -0.15) is 0 Å². The number of hydrogen-bond donors (Lipinski definition) is 1. The first-order chi connectivity index (χ1) is 9.34. The molecule has 96 valence electrons. The summed E-state index contributed by atoms with van der Waals surface area (Å²) in [5, 5.41) is 8.14. The number of nitrogens with one attached hydrogen (secondary N) is 1. The monoisotopic (exact) mass is 252 g/mol. The number of benzene rings is 2. The zero-order valence-corrected chi connectivity index (χ0v) is 10.7. The molecule has 0 saturated carbocycles. The van der Waals surface area contributed by atoms with Crippen molar-refractivity contribution in [2.75, 3.05) is 13.2 Å². The molecule has 0 saturated heterocycles. The normalized spacial score (nSPS) is 13.5. The number of fused-ring (bicyclic) bond motifs is 1. The molecule has 2 aromatic rings. The molecule has 1 N–H and O–H groups in total. The van der Waals surface area contributed by atoms with Gasteiger partial charge in [0.05, 0.1) is 6.54 Å². The van der Waals surface area contributed by atoms with Crippen molar-refractivity contribution in [1.82, 2.24) is 4.90 Å². The lowest BCUT2D eigenvalue weighted by atomic mass is 10.1. The van der Waals surface area contributed by atoms with Crippen molar-refractivity contribution in [2.45, 2.75) is 6.54 Å². The van der Waals surface area contributed by atoms with Crippen LogP contribution in [-0.2, 0) is 6.54 Å². The summed E-state index contributed by atoms with van der Waals surface area (Å²) in [7, 11) is 0. The van der Waals surface area contributed by atoms with Crippen molar-refractivity contribution in [3.05, 3.63) is 65.7 Å². The minimum Gasteiger partial charge on any atom is -0.492 e. The van der Waals surface area contributed by atoms with Gasteiger partial charge < -0.3 is 9.64 Å². The van der Waals surface area contributed by atoms with E-state index in [1.807, 2.05) is 53.4 Å². The third-order valence-corrected chi connectivity index (χ3v) is 3.32. The van der Waals surface area contributed by atoms with Crippen LogP contribution in [0.1, 0.15) is 11.1 Å². The summed E-state index contributed by atoms with van der Waals surface area (Å²) in [5.74, 6) is 1.48. The molecule has 0 aromatic heterocycles. The van der Waals surface area contributed by atoms with Crippen LogP contribution >= 0.6 is 0 Å². The van der Waals surface area contributed by atoms with E-state index in [4.69, 9.17) is 10.1 Å². The van der Waals surface area contributed by atoms with Gasteiger partial charge in [-0.3, -0.25) is 5.41 Å². The summed E-state index contributed by atoms with van der Waals surface area (Å²) in [6.45, 7) is 2.15. The Balaban J connectivity index is 1.57. The minimum absolute atomic E-state index is 0.598. The van der Waals surface area contributed by atoms with E-state index in [1.165, 1.54) is 5.56 Å². The Hall–Kier alpha value is -2.29. The summed E-state index contributed by atoms with van der Waals surface area (Å²) in [5.41, 5.74) is 2.27. The first kappa shape index (κ1) is 11.8. The Labute approximate surface area is 113 Å². The first-order valence-electron chi connectivity index (χ1n) is 6.44. The molecule has 3 rings (SSSR count). The van der Waals surface area contributed by atoms with E-state index in [2.05, 4.69) is 6.07 Å². The molecule has 0 amide bonds. The van der Waals surface area contributed by atoms with Crippen LogP contribution < -0.4 is 4.74 Å². The smallest absolute Gasteiger partial charge is 0.128 e. The highest BCUT2D eigenvalue weighted by Gasteiger charge is 2.22. The quantitative estimate of drug-likeness (QED) is 0.908. The lowest BCUT2D eigenvalue weighted by Crippen LogP contribution is -2.28. The Morgan fingerprint density at radius 2 is 1.74 bits per heavy atom. The molecule has 0 unspecified atom stereocenters. The van der Waals surface area contributed by atoms with Gasteiger partial charge in [0.1, 0.15) is 18.2 Å². The van der Waals surface area contributed by atoms with Gasteiger partial charge in [-0.05, 0) is 17.7 Å². The summed E-state index contributed by atoms with van der Waals surface area (Å²) >= 11 is 0. The highest BCUT2D eigenvalue weighted by molar-refractivity contribution is 6.00. The summed E-state index contributed by atoms with van der Waals surface area (Å²) in [4.78, 5) is 2.05. The number of ether oxygens (including phenoxy) is 1. The fraction of sp³-hybridized carbons (Fsp3) is 0.188. The molecule has 0 bridgehead atoms. The summed E-state index contributed by atoms with van der Waals surface area (Å²) < 4.78 is 5.68. The maximum atomic E-state index is 8.14. The first-order valence-corrected chi connectivity index (χ1v) is 6.44. The van der Waals surface area contributed by atoms with E-state index in [0.717, 1.165) is 24.4 Å². The molecule has 0 aliphatic carbocycles. The van der Waals surface area contributed by atoms with Crippen LogP contribution in [0.3, 0.4) is 0 Å². The third kappa shape index (κ3) is 2.45. The zero-order valence-electron chi connectivity index (χ0n) is 10.7. The average molecular weight is 252 g/mol. The number of rotatable bonds is 4. The van der Waals surface area contributed by atoms with E-state index in [1.54, 1.807) is 0 Å². The Morgan fingerprint density at radius 1 is 1.00 bits per heavy atom. The van der Waals surface area contributed by atoms with Crippen LogP contribution in [0.15, 0.2) is 54.6 Å². The van der Waals surface area contributed by atoms with Crippen LogP contribution in [0, 0.1) is 5.41 Å². The molecule has 0 spiro atoms. The molecular formula is C16H16N2O. The second-order valence-corrected chi connectivity index (χ2v) is 4.59. The lowest BCUT2D eigenvalue weighted by Gasteiger charge is -2.18. The van der Waals surface area contributed by atoms with Gasteiger partial charge in [0.15, 0.2) is 0 Å². The SMILES string of the molecule is N=C1c2ccccc2CN1CCOc1ccccc1. The van der Waals surface area contributed by atoms with Crippen LogP contribution in [0.2, 0.25) is 0 Å². The molecule has 1 aliphatic rings. The molecule has 0 fully saturated rings. The summed E-state index contributed by atoms with van der Waals surface area (Å²) in [6, 6.07) is 17.9. The molecule has 3 heteroatoms. The van der Waals surface area contributed by atoms with Crippen molar-refractivity contribution in [3.8, 4) is 5.75 Å². The molecule has 0 atom stereocenters. The van der Waals surface area contributed by atoms with Gasteiger partial charge in [-0.1, -0.05) is 42.5 Å². The fourth-order valence-corrected chi connectivity index (χ4v) is 2.33. The van der Waals surface area contributed by atoms with E-state index in [-0.39, 0.29) is 0 Å². The van der Waals surface area contributed by atoms with Gasteiger partial charge in [-0.15, -0.1) is 0 Å². The Bertz CT molecular complexity index is 580. The highest BCUT2D eigenvalue weighted by Crippen LogP contribution is 2.21. The van der Waals surface area contributed by atoms with E-state index >= 15 is 0 Å². The van der Waals surface area contributed by atoms with Crippen LogP contribution in [0.5, 0.6) is 5.75 Å². The highest BCUT2D eigenvalue weighted by atomic mass is 16.5. The topological polar surface area (TPSA) is 36.3 Å². The van der Waals surface area contributed by atoms with Crippen molar-refractivity contribution >= 4 is 5.84 Å². The molecular weight excluding hydrogens is 236 g/mol. The van der Waals surface area contributed by atoms with E-state index in [0.29, 0.717) is 12.4 Å². The minimum atomic E-state index is 0.598. The predicted molar refractivity (Wildman–Crippen MR) is 75.6 cm³/mol. The maximum absolute atomic E-state index is 8.14. The van der Waals surface area contributed by atoms with Gasteiger partial charge in [0.2, 0.25) is 0 Å². The van der Waals surface area contributed by atoms with Crippen LogP contribution in [0.4, 0.5) is 0 Å². The van der Waals surface area contributed by atoms with E-state index in [9.17, 15) is 0 Å². The molecule has 2 aromatic carbocycles. The summed E-state index contributed by atoms with van der Waals surface area (Å²) in [6.07, 6.45) is 0. The van der Waals surface area contributed by atoms with Gasteiger partial charge in [0.25, 0.3) is 0 Å². The zero-order chi connectivity index (χ0) is 13.1. The van der Waals surface area contributed by atoms with E-state index < -0.39 is 0 Å². The van der Waals surface area contributed by atoms with Crippen molar-refractivity contribution < 1.29 is 4.74 Å². The molecule has 19 heavy (non-hydrogen) atoms. The Morgan fingerprint density at radius 3 is 2.53 bits per heavy atom.